The number of aryl methyl sites for hydroxylation is 1. The molecule has 0 saturated heterocycles. The molecular weight excluding hydrogens is 194 g/mol. The molecule has 0 spiro atoms. The second kappa shape index (κ2) is 3.38. The smallest absolute Gasteiger partial charge is 0.208 e. The molecule has 0 saturated carbocycles. The lowest BCUT2D eigenvalue weighted by atomic mass is 10.3. The van der Waals surface area contributed by atoms with Gasteiger partial charge in [0.1, 0.15) is 0 Å². The summed E-state index contributed by atoms with van der Waals surface area (Å²) in [5.41, 5.74) is 2.08. The van der Waals surface area contributed by atoms with Crippen LogP contribution in [0.15, 0.2) is 24.3 Å². The quantitative estimate of drug-likeness (QED) is 0.725. The molecule has 0 fully saturated rings. The van der Waals surface area contributed by atoms with Crippen LogP contribution in [0.1, 0.15) is 6.92 Å². The van der Waals surface area contributed by atoms with Gasteiger partial charge in [-0.2, -0.15) is 0 Å². The molecule has 4 heteroatoms. The van der Waals surface area contributed by atoms with Gasteiger partial charge in [0.15, 0.2) is 0 Å². The zero-order valence-corrected chi connectivity index (χ0v) is 8.93. The van der Waals surface area contributed by atoms with Gasteiger partial charge in [0.2, 0.25) is 5.95 Å². The summed E-state index contributed by atoms with van der Waals surface area (Å²) in [7, 11) is 1.97. The van der Waals surface area contributed by atoms with Crippen LogP contribution in [-0.4, -0.2) is 14.5 Å². The highest BCUT2D eigenvalue weighted by molar-refractivity contribution is 7.80. The maximum absolute atomic E-state index is 4.98. The van der Waals surface area contributed by atoms with E-state index in [-0.39, 0.29) is 0 Å². The van der Waals surface area contributed by atoms with Crippen LogP contribution in [0.3, 0.4) is 0 Å². The average molecular weight is 205 g/mol. The Bertz CT molecular complexity index is 487. The molecule has 1 heterocycles. The third kappa shape index (κ3) is 1.48. The molecule has 1 aromatic heterocycles. The number of anilines is 1. The van der Waals surface area contributed by atoms with Crippen LogP contribution in [0.25, 0.3) is 11.0 Å². The molecular formula is C10H11N3S. The first-order chi connectivity index (χ1) is 6.68. The highest BCUT2D eigenvalue weighted by Crippen LogP contribution is 2.17. The van der Waals surface area contributed by atoms with Crippen molar-refractivity contribution in [3.05, 3.63) is 24.3 Å². The number of thiocarbonyl (C=S) groups is 1. The van der Waals surface area contributed by atoms with Crippen molar-refractivity contribution in [3.63, 3.8) is 0 Å². The summed E-state index contributed by atoms with van der Waals surface area (Å²) in [6.07, 6.45) is 0. The minimum atomic E-state index is 0.725. The molecule has 1 N–H and O–H groups in total. The summed E-state index contributed by atoms with van der Waals surface area (Å²) in [6.45, 7) is 1.84. The molecule has 0 aliphatic rings. The number of hydrogen-bond acceptors (Lipinski definition) is 2. The standard InChI is InChI=1S/C10H11N3S/c1-7(14)11-10-12-8-5-3-4-6-9(8)13(10)2/h3-6H,1-2H3,(H,11,12,14). The average Bonchev–Trinajstić information content (AvgIpc) is 2.44. The van der Waals surface area contributed by atoms with Crippen LogP contribution in [0.5, 0.6) is 0 Å². The zero-order valence-electron chi connectivity index (χ0n) is 8.11. The van der Waals surface area contributed by atoms with Crippen molar-refractivity contribution < 1.29 is 0 Å². The third-order valence-electron chi connectivity index (χ3n) is 2.07. The van der Waals surface area contributed by atoms with Gasteiger partial charge in [-0.15, -0.1) is 0 Å². The molecule has 1 aromatic carbocycles. The molecule has 0 aliphatic carbocycles. The SMILES string of the molecule is CC(=S)Nc1nc2ccccc2n1C. The molecule has 72 valence electrons. The van der Waals surface area contributed by atoms with Gasteiger partial charge in [0, 0.05) is 7.05 Å². The highest BCUT2D eigenvalue weighted by atomic mass is 32.1. The Balaban J connectivity index is 2.57. The Labute approximate surface area is 87.8 Å². The monoisotopic (exact) mass is 205 g/mol. The first-order valence-electron chi connectivity index (χ1n) is 4.37. The van der Waals surface area contributed by atoms with Crippen molar-refractivity contribution in [1.82, 2.24) is 9.55 Å². The molecule has 0 unspecified atom stereocenters. The fraction of sp³-hybridized carbons (Fsp3) is 0.200. The van der Waals surface area contributed by atoms with Gasteiger partial charge in [-0.25, -0.2) is 4.98 Å². The Morgan fingerprint density at radius 2 is 2.14 bits per heavy atom. The van der Waals surface area contributed by atoms with E-state index in [4.69, 9.17) is 12.2 Å². The van der Waals surface area contributed by atoms with Crippen molar-refractivity contribution in [2.75, 3.05) is 5.32 Å². The summed E-state index contributed by atoms with van der Waals surface area (Å²) >= 11 is 4.98. The number of benzene rings is 1. The molecule has 0 bridgehead atoms. The van der Waals surface area contributed by atoms with Crippen molar-refractivity contribution in [3.8, 4) is 0 Å². The number of fused-ring (bicyclic) bond motifs is 1. The zero-order chi connectivity index (χ0) is 10.1. The molecule has 0 aliphatic heterocycles. The maximum atomic E-state index is 4.98. The second-order valence-electron chi connectivity index (χ2n) is 3.16. The van der Waals surface area contributed by atoms with Crippen LogP contribution in [0.2, 0.25) is 0 Å². The molecule has 14 heavy (non-hydrogen) atoms. The van der Waals surface area contributed by atoms with Crippen LogP contribution < -0.4 is 5.32 Å². The topological polar surface area (TPSA) is 29.9 Å². The maximum Gasteiger partial charge on any atom is 0.208 e. The summed E-state index contributed by atoms with van der Waals surface area (Å²) < 4.78 is 1.99. The van der Waals surface area contributed by atoms with Gasteiger partial charge in [0.05, 0.1) is 16.0 Å². The van der Waals surface area contributed by atoms with Gasteiger partial charge >= 0.3 is 0 Å². The first-order valence-corrected chi connectivity index (χ1v) is 4.78. The minimum Gasteiger partial charge on any atom is -0.320 e. The Kier molecular flexibility index (Phi) is 2.21. The first kappa shape index (κ1) is 9.15. The van der Waals surface area contributed by atoms with Gasteiger partial charge in [0.25, 0.3) is 0 Å². The lowest BCUT2D eigenvalue weighted by molar-refractivity contribution is 0.962. The summed E-state index contributed by atoms with van der Waals surface area (Å²) in [4.78, 5) is 5.14. The predicted octanol–water partition coefficient (Wildman–Crippen LogP) is 2.33. The molecule has 0 atom stereocenters. The van der Waals surface area contributed by atoms with E-state index in [1.54, 1.807) is 0 Å². The second-order valence-corrected chi connectivity index (χ2v) is 3.78. The molecule has 2 rings (SSSR count). The lowest BCUT2D eigenvalue weighted by Crippen LogP contribution is -2.08. The fourth-order valence-electron chi connectivity index (χ4n) is 1.41. The van der Waals surface area contributed by atoms with Crippen molar-refractivity contribution >= 4 is 34.2 Å². The van der Waals surface area contributed by atoms with Gasteiger partial charge < -0.3 is 9.88 Å². The molecule has 0 radical (unpaired) electrons. The van der Waals surface area contributed by atoms with E-state index < -0.39 is 0 Å². The number of hydrogen-bond donors (Lipinski definition) is 1. The Morgan fingerprint density at radius 3 is 2.79 bits per heavy atom. The predicted molar refractivity (Wildman–Crippen MR) is 62.6 cm³/mol. The number of para-hydroxylation sites is 2. The Morgan fingerprint density at radius 1 is 1.43 bits per heavy atom. The van der Waals surface area contributed by atoms with E-state index in [1.807, 2.05) is 42.8 Å². The van der Waals surface area contributed by atoms with Gasteiger partial charge in [-0.1, -0.05) is 24.4 Å². The normalized spacial score (nSPS) is 10.4. The highest BCUT2D eigenvalue weighted by Gasteiger charge is 2.05. The van der Waals surface area contributed by atoms with Gasteiger partial charge in [-0.3, -0.25) is 0 Å². The van der Waals surface area contributed by atoms with Gasteiger partial charge in [-0.05, 0) is 19.1 Å². The lowest BCUT2D eigenvalue weighted by Gasteiger charge is -2.02. The van der Waals surface area contributed by atoms with E-state index in [9.17, 15) is 0 Å². The van der Waals surface area contributed by atoms with Crippen molar-refractivity contribution in [2.24, 2.45) is 7.05 Å². The number of rotatable bonds is 1. The summed E-state index contributed by atoms with van der Waals surface area (Å²) in [5, 5.41) is 3.05. The van der Waals surface area contributed by atoms with Crippen LogP contribution in [0.4, 0.5) is 5.95 Å². The van der Waals surface area contributed by atoms with E-state index in [0.29, 0.717) is 0 Å². The molecule has 2 aromatic rings. The van der Waals surface area contributed by atoms with E-state index >= 15 is 0 Å². The van der Waals surface area contributed by atoms with Crippen LogP contribution in [0, 0.1) is 0 Å². The third-order valence-corrected chi connectivity index (χ3v) is 2.18. The van der Waals surface area contributed by atoms with Crippen LogP contribution in [-0.2, 0) is 7.05 Å². The summed E-state index contributed by atoms with van der Waals surface area (Å²) in [6, 6.07) is 7.99. The number of aromatic nitrogens is 2. The van der Waals surface area contributed by atoms with E-state index in [1.165, 1.54) is 0 Å². The van der Waals surface area contributed by atoms with E-state index in [0.717, 1.165) is 22.0 Å². The minimum absolute atomic E-state index is 0.725. The number of nitrogens with one attached hydrogen (secondary N) is 1. The van der Waals surface area contributed by atoms with Crippen molar-refractivity contribution in [1.29, 1.82) is 0 Å². The fourth-order valence-corrected chi connectivity index (χ4v) is 1.51. The molecule has 3 nitrogen and oxygen atoms in total. The Hall–Kier alpha value is -1.42. The molecule has 0 amide bonds. The largest absolute Gasteiger partial charge is 0.320 e. The van der Waals surface area contributed by atoms with E-state index in [2.05, 4.69) is 10.3 Å². The number of nitrogens with zero attached hydrogens (tertiary/aromatic N) is 2. The number of imidazole rings is 1. The van der Waals surface area contributed by atoms with Crippen molar-refractivity contribution in [2.45, 2.75) is 6.92 Å². The van der Waals surface area contributed by atoms with Crippen LogP contribution >= 0.6 is 12.2 Å². The summed E-state index contributed by atoms with van der Waals surface area (Å²) in [5.74, 6) is 0.790.